The number of anilines is 1. The molecule has 2 aliphatic heterocycles. The molecule has 0 spiro atoms. The van der Waals surface area contributed by atoms with Gasteiger partial charge in [-0.15, -0.1) is 0 Å². The van der Waals surface area contributed by atoms with Crippen LogP contribution in [0, 0.1) is 28.9 Å². The molecule has 29 heavy (non-hydrogen) atoms. The summed E-state index contributed by atoms with van der Waals surface area (Å²) in [7, 11) is 0. The Labute approximate surface area is 167 Å². The van der Waals surface area contributed by atoms with E-state index in [9.17, 15) is 13.6 Å². The van der Waals surface area contributed by atoms with Gasteiger partial charge in [-0.1, -0.05) is 6.07 Å². The van der Waals surface area contributed by atoms with E-state index in [1.807, 2.05) is 6.07 Å². The Bertz CT molecular complexity index is 904. The quantitative estimate of drug-likeness (QED) is 0.777. The first-order chi connectivity index (χ1) is 14.1. The summed E-state index contributed by atoms with van der Waals surface area (Å²) in [5, 5.41) is 14.6. The van der Waals surface area contributed by atoms with Gasteiger partial charge in [0.2, 0.25) is 5.91 Å². The second-order valence-corrected chi connectivity index (χ2v) is 6.62. The first-order valence-corrected chi connectivity index (χ1v) is 9.29. The lowest BCUT2D eigenvalue weighted by atomic mass is 9.95. The monoisotopic (exact) mass is 398 g/mol. The number of benzene rings is 1. The molecule has 1 aromatic carbocycles. The van der Waals surface area contributed by atoms with Crippen molar-refractivity contribution in [2.24, 2.45) is 11.0 Å². The first-order valence-electron chi connectivity index (χ1n) is 9.29. The third-order valence-corrected chi connectivity index (χ3v) is 4.67. The molecule has 2 aliphatic rings. The summed E-state index contributed by atoms with van der Waals surface area (Å²) in [4.78, 5) is 22.4. The number of nitrogens with zero attached hydrogens (tertiary/aromatic N) is 6. The van der Waals surface area contributed by atoms with Gasteiger partial charge >= 0.3 is 0 Å². The summed E-state index contributed by atoms with van der Waals surface area (Å²) >= 11 is 0. The zero-order chi connectivity index (χ0) is 20.6. The maximum absolute atomic E-state index is 12.3. The highest BCUT2D eigenvalue weighted by Gasteiger charge is 2.29. The molecule has 1 amide bonds. The molecular formula is C20H20F2N6O. The lowest BCUT2D eigenvalue weighted by Crippen LogP contribution is -2.40. The number of carbonyl (C=O) groups excluding carboxylic acids is 1. The first kappa shape index (κ1) is 20.3. The number of hydrazone groups is 1. The van der Waals surface area contributed by atoms with E-state index in [4.69, 9.17) is 5.26 Å². The van der Waals surface area contributed by atoms with Gasteiger partial charge in [0, 0.05) is 50.3 Å². The van der Waals surface area contributed by atoms with Gasteiger partial charge in [0.15, 0.2) is 0 Å². The summed E-state index contributed by atoms with van der Waals surface area (Å²) in [5.74, 6) is -0.154. The lowest BCUT2D eigenvalue weighted by Gasteiger charge is -2.33. The third kappa shape index (κ3) is 5.54. The van der Waals surface area contributed by atoms with Crippen LogP contribution < -0.4 is 4.90 Å². The summed E-state index contributed by atoms with van der Waals surface area (Å²) in [6, 6.07) is 8.26. The number of hydrogen-bond donors (Lipinski definition) is 0. The number of amides is 1. The Hall–Kier alpha value is -3.41. The largest absolute Gasteiger partial charge is 0.356 e. The van der Waals surface area contributed by atoms with E-state index in [2.05, 4.69) is 20.0 Å². The molecule has 1 fully saturated rings. The highest BCUT2D eigenvalue weighted by Crippen LogP contribution is 2.24. The van der Waals surface area contributed by atoms with Gasteiger partial charge in [-0.3, -0.25) is 4.79 Å². The molecule has 0 N–H and O–H groups in total. The van der Waals surface area contributed by atoms with Crippen LogP contribution in [0.3, 0.4) is 0 Å². The van der Waals surface area contributed by atoms with E-state index in [-0.39, 0.29) is 11.8 Å². The van der Waals surface area contributed by atoms with Crippen molar-refractivity contribution in [3.8, 4) is 6.07 Å². The molecule has 4 rings (SSSR count). The van der Waals surface area contributed by atoms with E-state index in [0.717, 1.165) is 44.2 Å². The molecule has 0 bridgehead atoms. The number of carbonyl (C=O) groups is 1. The molecule has 1 aromatic heterocycles. The lowest BCUT2D eigenvalue weighted by molar-refractivity contribution is -0.135. The van der Waals surface area contributed by atoms with E-state index in [0.29, 0.717) is 12.2 Å². The predicted molar refractivity (Wildman–Crippen MR) is 103 cm³/mol. The maximum Gasteiger partial charge on any atom is 0.245 e. The average molecular weight is 398 g/mol. The van der Waals surface area contributed by atoms with E-state index in [1.165, 1.54) is 24.5 Å². The Morgan fingerprint density at radius 1 is 1.10 bits per heavy atom. The molecule has 0 saturated carbocycles. The topological polar surface area (TPSA) is 85.5 Å². The van der Waals surface area contributed by atoms with Crippen LogP contribution in [-0.4, -0.2) is 46.7 Å². The van der Waals surface area contributed by atoms with E-state index >= 15 is 0 Å². The molecule has 0 unspecified atom stereocenters. The predicted octanol–water partition coefficient (Wildman–Crippen LogP) is 2.75. The van der Waals surface area contributed by atoms with Crippen LogP contribution in [-0.2, 0) is 4.79 Å². The van der Waals surface area contributed by atoms with Gasteiger partial charge in [0.05, 0.1) is 0 Å². The highest BCUT2D eigenvalue weighted by molar-refractivity contribution is 5.81. The number of rotatable bonds is 2. The van der Waals surface area contributed by atoms with Crippen molar-refractivity contribution in [1.82, 2.24) is 15.0 Å². The number of piperidine rings is 1. The van der Waals surface area contributed by atoms with Crippen LogP contribution in [0.2, 0.25) is 0 Å². The van der Waals surface area contributed by atoms with Crippen molar-refractivity contribution < 1.29 is 13.6 Å². The Morgan fingerprint density at radius 3 is 2.38 bits per heavy atom. The number of halogens is 2. The van der Waals surface area contributed by atoms with E-state index in [1.54, 1.807) is 17.3 Å². The van der Waals surface area contributed by atoms with Crippen LogP contribution in [0.5, 0.6) is 0 Å². The number of hydrogen-bond acceptors (Lipinski definition) is 6. The molecular weight excluding hydrogens is 378 g/mol. The van der Waals surface area contributed by atoms with Crippen molar-refractivity contribution in [2.45, 2.75) is 19.3 Å². The molecule has 0 radical (unpaired) electrons. The summed E-state index contributed by atoms with van der Waals surface area (Å²) in [6.07, 6.45) is 5.62. The third-order valence-electron chi connectivity index (χ3n) is 4.67. The van der Waals surface area contributed by atoms with Gasteiger partial charge < -0.3 is 4.90 Å². The van der Waals surface area contributed by atoms with Gasteiger partial charge in [-0.25, -0.2) is 23.8 Å². The van der Waals surface area contributed by atoms with Crippen LogP contribution in [0.1, 0.15) is 25.0 Å². The summed E-state index contributed by atoms with van der Waals surface area (Å²) in [5.41, 5.74) is 0.365. The minimum Gasteiger partial charge on any atom is -0.356 e. The minimum absolute atomic E-state index is 0.0359. The van der Waals surface area contributed by atoms with Crippen LogP contribution >= 0.6 is 0 Å². The standard InChI is InChI=1S/C14H16N6O.C6H4F2/c15-9-12-8-13(17-10-16-12)19-6-2-11(3-7-19)14(21)20-5-1-4-18-20;7-5-2-1-3-6(8)4-5/h4,8,10-11H,1-3,5-7H2;1-4H. The van der Waals surface area contributed by atoms with E-state index < -0.39 is 11.6 Å². The van der Waals surface area contributed by atoms with Gasteiger partial charge in [-0.05, 0) is 25.0 Å². The summed E-state index contributed by atoms with van der Waals surface area (Å²) < 4.78 is 23.9. The molecule has 150 valence electrons. The van der Waals surface area contributed by atoms with Gasteiger partial charge in [0.1, 0.15) is 35.5 Å². The summed E-state index contributed by atoms with van der Waals surface area (Å²) in [6.45, 7) is 2.22. The highest BCUT2D eigenvalue weighted by atomic mass is 19.1. The normalized spacial score (nSPS) is 16.2. The average Bonchev–Trinajstić information content (AvgIpc) is 3.29. The molecule has 9 heteroatoms. The Morgan fingerprint density at radius 2 is 1.83 bits per heavy atom. The molecule has 1 saturated heterocycles. The molecule has 0 atom stereocenters. The van der Waals surface area contributed by atoms with Gasteiger partial charge in [0.25, 0.3) is 0 Å². The molecule has 0 aliphatic carbocycles. The number of aromatic nitrogens is 2. The number of nitriles is 1. The smallest absolute Gasteiger partial charge is 0.245 e. The van der Waals surface area contributed by atoms with Crippen molar-refractivity contribution >= 4 is 17.9 Å². The van der Waals surface area contributed by atoms with Crippen molar-refractivity contribution in [1.29, 1.82) is 5.26 Å². The SMILES string of the molecule is Fc1cccc(F)c1.N#Cc1cc(N2CCC(C(=O)N3CCC=N3)CC2)ncn1. The Kier molecular flexibility index (Phi) is 6.79. The van der Waals surface area contributed by atoms with Crippen molar-refractivity contribution in [3.05, 3.63) is 54.0 Å². The van der Waals surface area contributed by atoms with Crippen molar-refractivity contribution in [3.63, 3.8) is 0 Å². The maximum atomic E-state index is 12.3. The fourth-order valence-corrected chi connectivity index (χ4v) is 3.17. The zero-order valence-corrected chi connectivity index (χ0v) is 15.7. The molecule has 7 nitrogen and oxygen atoms in total. The van der Waals surface area contributed by atoms with Crippen LogP contribution in [0.25, 0.3) is 0 Å². The molecule has 2 aromatic rings. The minimum atomic E-state index is -0.537. The van der Waals surface area contributed by atoms with Crippen LogP contribution in [0.4, 0.5) is 14.6 Å². The molecule has 3 heterocycles. The Balaban J connectivity index is 0.000000252. The fourth-order valence-electron chi connectivity index (χ4n) is 3.17. The van der Waals surface area contributed by atoms with Crippen LogP contribution in [0.15, 0.2) is 41.8 Å². The van der Waals surface area contributed by atoms with Gasteiger partial charge in [-0.2, -0.15) is 10.4 Å². The van der Waals surface area contributed by atoms with Crippen molar-refractivity contribution in [2.75, 3.05) is 24.5 Å². The second-order valence-electron chi connectivity index (χ2n) is 6.62. The zero-order valence-electron chi connectivity index (χ0n) is 15.7. The fraction of sp³-hybridized carbons (Fsp3) is 0.350. The second kappa shape index (κ2) is 9.68.